The maximum atomic E-state index is 2.47. The average molecular weight is 152 g/mol. The van der Waals surface area contributed by atoms with Gasteiger partial charge in [-0.25, -0.2) is 0 Å². The highest BCUT2D eigenvalue weighted by atomic mass is 14.2. The largest absolute Gasteiger partial charge is 0.0853 e. The Hall–Kier alpha value is -0.260. The Bertz CT molecular complexity index is 133. The standard InChI is InChI=1S/C11H20/c1-3-10-7-5-6-8-11(4-2)9-10/h7,11H,3-6,8-9H2,1-2H3. The summed E-state index contributed by atoms with van der Waals surface area (Å²) in [6.07, 6.45) is 10.7. The fraction of sp³-hybridized carbons (Fsp3) is 0.818. The molecule has 0 radical (unpaired) electrons. The van der Waals surface area contributed by atoms with Crippen molar-refractivity contribution < 1.29 is 0 Å². The van der Waals surface area contributed by atoms with E-state index in [1.807, 2.05) is 0 Å². The van der Waals surface area contributed by atoms with Crippen molar-refractivity contribution in [2.24, 2.45) is 5.92 Å². The van der Waals surface area contributed by atoms with Crippen LogP contribution in [-0.4, -0.2) is 0 Å². The molecule has 0 amide bonds. The van der Waals surface area contributed by atoms with Crippen LogP contribution in [0.3, 0.4) is 0 Å². The lowest BCUT2D eigenvalue weighted by Gasteiger charge is -2.12. The van der Waals surface area contributed by atoms with Crippen molar-refractivity contribution in [3.8, 4) is 0 Å². The van der Waals surface area contributed by atoms with Gasteiger partial charge in [-0.3, -0.25) is 0 Å². The first-order valence-corrected chi connectivity index (χ1v) is 5.04. The fourth-order valence-electron chi connectivity index (χ4n) is 1.91. The summed E-state index contributed by atoms with van der Waals surface area (Å²) >= 11 is 0. The lowest BCUT2D eigenvalue weighted by molar-refractivity contribution is 0.461. The van der Waals surface area contributed by atoms with Crippen molar-refractivity contribution in [1.29, 1.82) is 0 Å². The Morgan fingerprint density at radius 2 is 2.27 bits per heavy atom. The van der Waals surface area contributed by atoms with Gasteiger partial charge in [0, 0.05) is 0 Å². The van der Waals surface area contributed by atoms with E-state index in [4.69, 9.17) is 0 Å². The van der Waals surface area contributed by atoms with Gasteiger partial charge in [0.15, 0.2) is 0 Å². The second-order valence-electron chi connectivity index (χ2n) is 3.63. The maximum Gasteiger partial charge on any atom is -0.0292 e. The fourth-order valence-corrected chi connectivity index (χ4v) is 1.91. The summed E-state index contributed by atoms with van der Waals surface area (Å²) < 4.78 is 0. The highest BCUT2D eigenvalue weighted by Gasteiger charge is 2.10. The van der Waals surface area contributed by atoms with Crippen LogP contribution < -0.4 is 0 Å². The van der Waals surface area contributed by atoms with E-state index in [1.54, 1.807) is 5.57 Å². The summed E-state index contributed by atoms with van der Waals surface area (Å²) in [5.41, 5.74) is 1.70. The maximum absolute atomic E-state index is 2.47. The molecule has 0 saturated carbocycles. The van der Waals surface area contributed by atoms with E-state index in [-0.39, 0.29) is 0 Å². The number of hydrogen-bond acceptors (Lipinski definition) is 0. The van der Waals surface area contributed by atoms with Crippen LogP contribution in [0.1, 0.15) is 52.4 Å². The molecule has 0 fully saturated rings. The van der Waals surface area contributed by atoms with Gasteiger partial charge in [0.1, 0.15) is 0 Å². The smallest absolute Gasteiger partial charge is 0.0292 e. The predicted molar refractivity (Wildman–Crippen MR) is 50.6 cm³/mol. The van der Waals surface area contributed by atoms with E-state index < -0.39 is 0 Å². The second-order valence-corrected chi connectivity index (χ2v) is 3.63. The Balaban J connectivity index is 2.45. The zero-order chi connectivity index (χ0) is 8.10. The zero-order valence-corrected chi connectivity index (χ0v) is 7.90. The first-order valence-electron chi connectivity index (χ1n) is 5.04. The molecule has 1 unspecified atom stereocenters. The van der Waals surface area contributed by atoms with Crippen LogP contribution in [-0.2, 0) is 0 Å². The number of allylic oxidation sites excluding steroid dienone is 2. The Morgan fingerprint density at radius 1 is 1.45 bits per heavy atom. The van der Waals surface area contributed by atoms with Gasteiger partial charge in [-0.05, 0) is 38.0 Å². The van der Waals surface area contributed by atoms with Crippen molar-refractivity contribution in [3.63, 3.8) is 0 Å². The van der Waals surface area contributed by atoms with Crippen molar-refractivity contribution in [3.05, 3.63) is 11.6 Å². The van der Waals surface area contributed by atoms with Gasteiger partial charge in [0.2, 0.25) is 0 Å². The zero-order valence-electron chi connectivity index (χ0n) is 7.90. The molecule has 1 rings (SSSR count). The van der Waals surface area contributed by atoms with Crippen LogP contribution in [0, 0.1) is 5.92 Å². The molecule has 0 spiro atoms. The minimum Gasteiger partial charge on any atom is -0.0853 e. The molecule has 64 valence electrons. The summed E-state index contributed by atoms with van der Waals surface area (Å²) in [5, 5.41) is 0. The van der Waals surface area contributed by atoms with Crippen LogP contribution in [0.5, 0.6) is 0 Å². The topological polar surface area (TPSA) is 0 Å². The molecule has 0 heteroatoms. The van der Waals surface area contributed by atoms with Crippen molar-refractivity contribution >= 4 is 0 Å². The van der Waals surface area contributed by atoms with E-state index in [0.717, 1.165) is 5.92 Å². The van der Waals surface area contributed by atoms with E-state index >= 15 is 0 Å². The molecule has 0 aliphatic heterocycles. The highest BCUT2D eigenvalue weighted by Crippen LogP contribution is 2.26. The summed E-state index contributed by atoms with van der Waals surface area (Å²) in [6.45, 7) is 4.60. The van der Waals surface area contributed by atoms with Gasteiger partial charge in [0.25, 0.3) is 0 Å². The van der Waals surface area contributed by atoms with E-state index in [1.165, 1.54) is 38.5 Å². The predicted octanol–water partition coefficient (Wildman–Crippen LogP) is 3.92. The van der Waals surface area contributed by atoms with Gasteiger partial charge in [-0.2, -0.15) is 0 Å². The quantitative estimate of drug-likeness (QED) is 0.526. The molecular weight excluding hydrogens is 132 g/mol. The highest BCUT2D eigenvalue weighted by molar-refractivity contribution is 5.04. The third kappa shape index (κ3) is 2.69. The molecule has 1 aliphatic carbocycles. The molecule has 0 aromatic heterocycles. The molecule has 0 aromatic carbocycles. The molecule has 0 N–H and O–H groups in total. The Labute approximate surface area is 70.7 Å². The third-order valence-electron chi connectivity index (χ3n) is 2.83. The first-order chi connectivity index (χ1) is 5.36. The Kier molecular flexibility index (Phi) is 3.68. The van der Waals surface area contributed by atoms with E-state index in [0.29, 0.717) is 0 Å². The summed E-state index contributed by atoms with van der Waals surface area (Å²) in [4.78, 5) is 0. The van der Waals surface area contributed by atoms with Crippen LogP contribution in [0.2, 0.25) is 0 Å². The Morgan fingerprint density at radius 3 is 2.91 bits per heavy atom. The average Bonchev–Trinajstić information content (AvgIpc) is 2.28. The van der Waals surface area contributed by atoms with E-state index in [9.17, 15) is 0 Å². The summed E-state index contributed by atoms with van der Waals surface area (Å²) in [6, 6.07) is 0. The molecular formula is C11H20. The van der Waals surface area contributed by atoms with Crippen LogP contribution in [0.15, 0.2) is 11.6 Å². The minimum atomic E-state index is 0.990. The molecule has 11 heavy (non-hydrogen) atoms. The second kappa shape index (κ2) is 4.58. The molecule has 1 atom stereocenters. The lowest BCUT2D eigenvalue weighted by Crippen LogP contribution is -1.97. The van der Waals surface area contributed by atoms with Gasteiger partial charge in [-0.15, -0.1) is 0 Å². The van der Waals surface area contributed by atoms with Crippen molar-refractivity contribution in [2.75, 3.05) is 0 Å². The summed E-state index contributed by atoms with van der Waals surface area (Å²) in [7, 11) is 0. The SMILES string of the molecule is CCC1=CCCCC(CC)C1. The third-order valence-corrected chi connectivity index (χ3v) is 2.83. The lowest BCUT2D eigenvalue weighted by atomic mass is 9.94. The molecule has 0 aromatic rings. The van der Waals surface area contributed by atoms with Crippen LogP contribution in [0.4, 0.5) is 0 Å². The molecule has 0 bridgehead atoms. The van der Waals surface area contributed by atoms with Gasteiger partial charge in [-0.1, -0.05) is 31.9 Å². The normalized spacial score (nSPS) is 26.0. The molecule has 0 heterocycles. The first kappa shape index (κ1) is 8.83. The van der Waals surface area contributed by atoms with Gasteiger partial charge >= 0.3 is 0 Å². The van der Waals surface area contributed by atoms with Gasteiger partial charge in [0.05, 0.1) is 0 Å². The monoisotopic (exact) mass is 152 g/mol. The molecule has 0 saturated heterocycles. The minimum absolute atomic E-state index is 0.990. The molecule has 0 nitrogen and oxygen atoms in total. The molecule has 1 aliphatic rings. The van der Waals surface area contributed by atoms with E-state index in [2.05, 4.69) is 19.9 Å². The van der Waals surface area contributed by atoms with Gasteiger partial charge < -0.3 is 0 Å². The van der Waals surface area contributed by atoms with Crippen LogP contribution >= 0.6 is 0 Å². The number of hydrogen-bond donors (Lipinski definition) is 0. The van der Waals surface area contributed by atoms with Crippen molar-refractivity contribution in [2.45, 2.75) is 52.4 Å². The van der Waals surface area contributed by atoms with Crippen molar-refractivity contribution in [1.82, 2.24) is 0 Å². The number of rotatable bonds is 2. The van der Waals surface area contributed by atoms with Crippen LogP contribution in [0.25, 0.3) is 0 Å². The summed E-state index contributed by atoms with van der Waals surface area (Å²) in [5.74, 6) is 0.990.